The van der Waals surface area contributed by atoms with Crippen LogP contribution in [0.5, 0.6) is 0 Å². The van der Waals surface area contributed by atoms with Gasteiger partial charge in [0.2, 0.25) is 0 Å². The van der Waals surface area contributed by atoms with E-state index in [2.05, 4.69) is 30.2 Å². The van der Waals surface area contributed by atoms with Crippen molar-refractivity contribution in [1.29, 1.82) is 5.26 Å². The quantitative estimate of drug-likeness (QED) is 0.877. The lowest BCUT2D eigenvalue weighted by molar-refractivity contribution is 0.869. The zero-order valence-electron chi connectivity index (χ0n) is 11.0. The first-order valence-corrected chi connectivity index (χ1v) is 6.14. The number of nitrogen functional groups attached to an aromatic ring is 1. The SMILES string of the molecule is CC(C)c1ccccc1Nc1ccc(N)c(C#N)n1. The van der Waals surface area contributed by atoms with Gasteiger partial charge >= 0.3 is 0 Å². The van der Waals surface area contributed by atoms with Crippen LogP contribution < -0.4 is 11.1 Å². The molecule has 1 heterocycles. The topological polar surface area (TPSA) is 74.7 Å². The van der Waals surface area contributed by atoms with Gasteiger partial charge in [0.1, 0.15) is 11.9 Å². The summed E-state index contributed by atoms with van der Waals surface area (Å²) in [5.74, 6) is 1.03. The van der Waals surface area contributed by atoms with Crippen molar-refractivity contribution >= 4 is 17.2 Å². The number of nitrogens with one attached hydrogen (secondary N) is 1. The largest absolute Gasteiger partial charge is 0.396 e. The summed E-state index contributed by atoms with van der Waals surface area (Å²) in [4.78, 5) is 4.19. The Morgan fingerprint density at radius 1 is 1.21 bits per heavy atom. The van der Waals surface area contributed by atoms with E-state index in [-0.39, 0.29) is 5.69 Å². The average molecular weight is 252 g/mol. The van der Waals surface area contributed by atoms with Gasteiger partial charge in [0.25, 0.3) is 0 Å². The lowest BCUT2D eigenvalue weighted by Gasteiger charge is -2.14. The van der Waals surface area contributed by atoms with Crippen molar-refractivity contribution < 1.29 is 0 Å². The van der Waals surface area contributed by atoms with Gasteiger partial charge in [-0.05, 0) is 29.7 Å². The number of hydrogen-bond donors (Lipinski definition) is 2. The molecule has 3 N–H and O–H groups in total. The highest BCUT2D eigenvalue weighted by Crippen LogP contribution is 2.26. The molecule has 2 rings (SSSR count). The predicted molar refractivity (Wildman–Crippen MR) is 77.2 cm³/mol. The van der Waals surface area contributed by atoms with E-state index in [1.807, 2.05) is 24.3 Å². The standard InChI is InChI=1S/C15H16N4/c1-10(2)11-5-3-4-6-13(11)18-15-8-7-12(17)14(9-16)19-15/h3-8,10H,17H2,1-2H3,(H,18,19). The monoisotopic (exact) mass is 252 g/mol. The number of hydrogen-bond acceptors (Lipinski definition) is 4. The van der Waals surface area contributed by atoms with E-state index in [1.54, 1.807) is 12.1 Å². The molecule has 1 aromatic heterocycles. The molecule has 0 saturated carbocycles. The Hall–Kier alpha value is -2.54. The van der Waals surface area contributed by atoms with Crippen LogP contribution in [-0.4, -0.2) is 4.98 Å². The minimum Gasteiger partial charge on any atom is -0.396 e. The van der Waals surface area contributed by atoms with Crippen LogP contribution in [0, 0.1) is 11.3 Å². The molecule has 0 radical (unpaired) electrons. The van der Waals surface area contributed by atoms with Crippen molar-refractivity contribution in [2.75, 3.05) is 11.1 Å². The second-order valence-electron chi connectivity index (χ2n) is 4.61. The summed E-state index contributed by atoms with van der Waals surface area (Å²) in [6.07, 6.45) is 0. The van der Waals surface area contributed by atoms with Gasteiger partial charge < -0.3 is 11.1 Å². The van der Waals surface area contributed by atoms with Crippen LogP contribution in [0.25, 0.3) is 0 Å². The van der Waals surface area contributed by atoms with E-state index >= 15 is 0 Å². The summed E-state index contributed by atoms with van der Waals surface area (Å²) in [5.41, 5.74) is 8.50. The maximum Gasteiger partial charge on any atom is 0.165 e. The van der Waals surface area contributed by atoms with E-state index < -0.39 is 0 Å². The Morgan fingerprint density at radius 3 is 2.63 bits per heavy atom. The molecule has 19 heavy (non-hydrogen) atoms. The van der Waals surface area contributed by atoms with E-state index in [9.17, 15) is 0 Å². The highest BCUT2D eigenvalue weighted by molar-refractivity contribution is 5.64. The first kappa shape index (κ1) is 12.9. The Kier molecular flexibility index (Phi) is 3.67. The Bertz CT molecular complexity index is 626. The van der Waals surface area contributed by atoms with Gasteiger partial charge in [-0.1, -0.05) is 32.0 Å². The first-order chi connectivity index (χ1) is 9.11. The molecule has 1 aromatic carbocycles. The fourth-order valence-electron chi connectivity index (χ4n) is 1.88. The van der Waals surface area contributed by atoms with Crippen LogP contribution >= 0.6 is 0 Å². The van der Waals surface area contributed by atoms with E-state index in [1.165, 1.54) is 5.56 Å². The van der Waals surface area contributed by atoms with Crippen molar-refractivity contribution in [3.8, 4) is 6.07 Å². The molecule has 4 heteroatoms. The number of para-hydroxylation sites is 1. The van der Waals surface area contributed by atoms with Gasteiger partial charge in [0.05, 0.1) is 5.69 Å². The highest BCUT2D eigenvalue weighted by atomic mass is 15.0. The molecule has 0 saturated heterocycles. The number of nitrogens with zero attached hydrogens (tertiary/aromatic N) is 2. The number of pyridine rings is 1. The normalized spacial score (nSPS) is 10.2. The summed E-state index contributed by atoms with van der Waals surface area (Å²) < 4.78 is 0. The molecule has 0 fully saturated rings. The van der Waals surface area contributed by atoms with Crippen LogP contribution in [0.2, 0.25) is 0 Å². The highest BCUT2D eigenvalue weighted by Gasteiger charge is 2.07. The fraction of sp³-hybridized carbons (Fsp3) is 0.200. The fourth-order valence-corrected chi connectivity index (χ4v) is 1.88. The summed E-state index contributed by atoms with van der Waals surface area (Å²) in [6, 6.07) is 13.5. The van der Waals surface area contributed by atoms with Crippen molar-refractivity contribution in [3.05, 3.63) is 47.7 Å². The van der Waals surface area contributed by atoms with Crippen LogP contribution in [0.3, 0.4) is 0 Å². The summed E-state index contributed by atoms with van der Waals surface area (Å²) in [7, 11) is 0. The number of nitriles is 1. The van der Waals surface area contributed by atoms with E-state index in [4.69, 9.17) is 11.0 Å². The molecule has 0 bridgehead atoms. The van der Waals surface area contributed by atoms with Gasteiger partial charge in [-0.3, -0.25) is 0 Å². The minimum atomic E-state index is 0.243. The summed E-state index contributed by atoms with van der Waals surface area (Å²) in [5, 5.41) is 12.2. The molecule has 2 aromatic rings. The minimum absolute atomic E-state index is 0.243. The van der Waals surface area contributed by atoms with Crippen LogP contribution in [0.1, 0.15) is 31.0 Å². The lowest BCUT2D eigenvalue weighted by atomic mass is 10.0. The van der Waals surface area contributed by atoms with Gasteiger partial charge in [0.15, 0.2) is 5.69 Å². The van der Waals surface area contributed by atoms with Crippen LogP contribution in [0.4, 0.5) is 17.2 Å². The maximum atomic E-state index is 8.93. The number of rotatable bonds is 3. The first-order valence-electron chi connectivity index (χ1n) is 6.14. The molecular formula is C15H16N4. The van der Waals surface area contributed by atoms with Crippen LogP contribution in [0.15, 0.2) is 36.4 Å². The molecule has 0 aliphatic rings. The average Bonchev–Trinajstić information content (AvgIpc) is 2.41. The summed E-state index contributed by atoms with van der Waals surface area (Å²) in [6.45, 7) is 4.27. The predicted octanol–water partition coefficient (Wildman–Crippen LogP) is 3.40. The second kappa shape index (κ2) is 5.40. The molecule has 0 aliphatic carbocycles. The molecule has 0 spiro atoms. The second-order valence-corrected chi connectivity index (χ2v) is 4.61. The third-order valence-corrected chi connectivity index (χ3v) is 2.88. The van der Waals surface area contributed by atoms with E-state index in [0.29, 0.717) is 17.4 Å². The third kappa shape index (κ3) is 2.83. The number of nitrogens with two attached hydrogens (primary N) is 1. The zero-order chi connectivity index (χ0) is 13.8. The lowest BCUT2D eigenvalue weighted by Crippen LogP contribution is -2.01. The third-order valence-electron chi connectivity index (χ3n) is 2.88. The van der Waals surface area contributed by atoms with Crippen molar-refractivity contribution in [3.63, 3.8) is 0 Å². The maximum absolute atomic E-state index is 8.93. The summed E-state index contributed by atoms with van der Waals surface area (Å²) >= 11 is 0. The number of benzene rings is 1. The zero-order valence-corrected chi connectivity index (χ0v) is 11.0. The molecule has 4 nitrogen and oxygen atoms in total. The van der Waals surface area contributed by atoms with Gasteiger partial charge in [0, 0.05) is 5.69 Å². The van der Waals surface area contributed by atoms with Crippen molar-refractivity contribution in [2.24, 2.45) is 0 Å². The number of anilines is 3. The Balaban J connectivity index is 2.34. The van der Waals surface area contributed by atoms with Gasteiger partial charge in [-0.2, -0.15) is 5.26 Å². The Morgan fingerprint density at radius 2 is 1.95 bits per heavy atom. The molecule has 0 atom stereocenters. The molecule has 0 unspecified atom stereocenters. The number of aromatic nitrogens is 1. The molecule has 0 aliphatic heterocycles. The van der Waals surface area contributed by atoms with Crippen molar-refractivity contribution in [2.45, 2.75) is 19.8 Å². The Labute approximate surface area is 112 Å². The van der Waals surface area contributed by atoms with Gasteiger partial charge in [-0.25, -0.2) is 4.98 Å². The van der Waals surface area contributed by atoms with Gasteiger partial charge in [-0.15, -0.1) is 0 Å². The molecule has 0 amide bonds. The molecule has 96 valence electrons. The van der Waals surface area contributed by atoms with E-state index in [0.717, 1.165) is 5.69 Å². The molecular weight excluding hydrogens is 236 g/mol. The van der Waals surface area contributed by atoms with Crippen molar-refractivity contribution in [1.82, 2.24) is 4.98 Å². The van der Waals surface area contributed by atoms with Crippen LogP contribution in [-0.2, 0) is 0 Å². The smallest absolute Gasteiger partial charge is 0.165 e.